The van der Waals surface area contributed by atoms with Crippen molar-refractivity contribution in [3.63, 3.8) is 0 Å². The van der Waals surface area contributed by atoms with Gasteiger partial charge in [0.1, 0.15) is 6.07 Å². The van der Waals surface area contributed by atoms with E-state index in [1.807, 2.05) is 24.3 Å². The Morgan fingerprint density at radius 3 is 2.89 bits per heavy atom. The molecule has 0 atom stereocenters. The Hall–Kier alpha value is -3.27. The number of hydrogen-bond acceptors (Lipinski definition) is 7. The fourth-order valence-electron chi connectivity index (χ4n) is 2.24. The third-order valence-corrected chi connectivity index (χ3v) is 3.67. The van der Waals surface area contributed by atoms with Gasteiger partial charge in [-0.05, 0) is 37.1 Å². The van der Waals surface area contributed by atoms with Crippen molar-refractivity contribution in [2.24, 2.45) is 5.10 Å². The molecule has 2 aromatic rings. The fourth-order valence-corrected chi connectivity index (χ4v) is 2.24. The molecule has 27 heavy (non-hydrogen) atoms. The highest BCUT2D eigenvalue weighted by Crippen LogP contribution is 2.28. The number of ether oxygens (including phenoxy) is 2. The Bertz CT molecular complexity index is 849. The van der Waals surface area contributed by atoms with Crippen LogP contribution in [0.3, 0.4) is 0 Å². The van der Waals surface area contributed by atoms with Gasteiger partial charge in [-0.15, -0.1) is 0 Å². The number of methoxy groups -OCH3 is 1. The fraction of sp³-hybridized carbons (Fsp3) is 0.350. The zero-order valence-electron chi connectivity index (χ0n) is 15.9. The predicted octanol–water partition coefficient (Wildman–Crippen LogP) is 4.60. The second-order valence-electron chi connectivity index (χ2n) is 5.92. The molecule has 2 rings (SSSR count). The van der Waals surface area contributed by atoms with Crippen molar-refractivity contribution in [1.29, 1.82) is 5.26 Å². The number of aromatic nitrogens is 1. The average Bonchev–Trinajstić information content (AvgIpc) is 3.09. The van der Waals surface area contributed by atoms with E-state index in [0.717, 1.165) is 24.8 Å². The molecule has 1 aromatic heterocycles. The lowest BCUT2D eigenvalue weighted by Crippen LogP contribution is -2.00. The molecule has 0 unspecified atom stereocenters. The maximum atomic E-state index is 9.11. The molecule has 7 heteroatoms. The van der Waals surface area contributed by atoms with Crippen molar-refractivity contribution in [3.8, 4) is 17.6 Å². The topological polar surface area (TPSA) is 92.7 Å². The number of hydrazone groups is 1. The molecule has 0 spiro atoms. The van der Waals surface area contributed by atoms with E-state index >= 15 is 0 Å². The Balaban J connectivity index is 2.04. The van der Waals surface area contributed by atoms with Crippen LogP contribution < -0.4 is 14.9 Å². The third kappa shape index (κ3) is 5.61. The summed E-state index contributed by atoms with van der Waals surface area (Å²) in [5.41, 5.74) is 4.25. The monoisotopic (exact) mass is 368 g/mol. The van der Waals surface area contributed by atoms with E-state index in [4.69, 9.17) is 19.2 Å². The van der Waals surface area contributed by atoms with Crippen LogP contribution in [0.5, 0.6) is 11.5 Å². The summed E-state index contributed by atoms with van der Waals surface area (Å²) < 4.78 is 16.6. The van der Waals surface area contributed by atoms with Gasteiger partial charge in [0.05, 0.1) is 19.9 Å². The molecule has 1 N–H and O–H groups in total. The minimum atomic E-state index is 0.124. The number of allylic oxidation sites excluding steroid dienone is 1. The van der Waals surface area contributed by atoms with Gasteiger partial charge < -0.3 is 13.9 Å². The summed E-state index contributed by atoms with van der Waals surface area (Å²) in [6.45, 7) is 8.30. The van der Waals surface area contributed by atoms with Gasteiger partial charge in [0.15, 0.2) is 11.5 Å². The lowest BCUT2D eigenvalue weighted by molar-refractivity contribution is 0.286. The highest BCUT2D eigenvalue weighted by molar-refractivity contribution is 5.81. The third-order valence-electron chi connectivity index (χ3n) is 3.67. The number of nitriles is 1. The molecule has 0 aliphatic heterocycles. The van der Waals surface area contributed by atoms with Crippen LogP contribution in [0, 0.1) is 11.3 Å². The molecule has 1 heterocycles. The van der Waals surface area contributed by atoms with Gasteiger partial charge in [0.2, 0.25) is 11.6 Å². The Morgan fingerprint density at radius 1 is 1.41 bits per heavy atom. The standard InChI is InChI=1S/C20H24N4O3/c1-5-6-7-10-26-17-9-8-15(11-18(17)25-4)13-22-24-20-16(12-21)23-19(27-20)14(2)3/h8-9,11,13,24H,2,5-7,10H2,1,3-4H3. The van der Waals surface area contributed by atoms with Crippen LogP contribution in [-0.4, -0.2) is 24.9 Å². The van der Waals surface area contributed by atoms with Crippen molar-refractivity contribution in [2.45, 2.75) is 33.1 Å². The zero-order valence-corrected chi connectivity index (χ0v) is 15.9. The van der Waals surface area contributed by atoms with Gasteiger partial charge in [0, 0.05) is 5.57 Å². The number of benzene rings is 1. The Labute approximate surface area is 159 Å². The average molecular weight is 368 g/mol. The SMILES string of the molecule is C=C(C)c1nc(C#N)c(NN=Cc2ccc(OCCCCC)c(OC)c2)o1. The maximum Gasteiger partial charge on any atom is 0.252 e. The molecule has 0 aliphatic carbocycles. The first-order valence-electron chi connectivity index (χ1n) is 8.75. The number of nitrogens with one attached hydrogen (secondary N) is 1. The number of hydrogen-bond donors (Lipinski definition) is 1. The van der Waals surface area contributed by atoms with E-state index in [0.29, 0.717) is 29.6 Å². The zero-order chi connectivity index (χ0) is 19.6. The van der Waals surface area contributed by atoms with E-state index < -0.39 is 0 Å². The summed E-state index contributed by atoms with van der Waals surface area (Å²) >= 11 is 0. The Kier molecular flexibility index (Phi) is 7.44. The molecule has 0 radical (unpaired) electrons. The predicted molar refractivity (Wildman–Crippen MR) is 105 cm³/mol. The second kappa shape index (κ2) is 10.0. The van der Waals surface area contributed by atoms with Crippen LogP contribution in [-0.2, 0) is 0 Å². The van der Waals surface area contributed by atoms with Crippen LogP contribution in [0.1, 0.15) is 50.3 Å². The van der Waals surface area contributed by atoms with Crippen molar-refractivity contribution < 1.29 is 13.9 Å². The maximum absolute atomic E-state index is 9.11. The summed E-state index contributed by atoms with van der Waals surface area (Å²) in [6, 6.07) is 7.50. The van der Waals surface area contributed by atoms with Gasteiger partial charge >= 0.3 is 0 Å². The van der Waals surface area contributed by atoms with Crippen LogP contribution in [0.4, 0.5) is 5.88 Å². The van der Waals surface area contributed by atoms with Crippen molar-refractivity contribution in [3.05, 3.63) is 41.9 Å². The van der Waals surface area contributed by atoms with Gasteiger partial charge in [0.25, 0.3) is 5.88 Å². The summed E-state index contributed by atoms with van der Waals surface area (Å²) in [7, 11) is 1.60. The molecule has 0 saturated carbocycles. The van der Waals surface area contributed by atoms with Crippen LogP contribution in [0.15, 0.2) is 34.3 Å². The summed E-state index contributed by atoms with van der Waals surface area (Å²) in [6.07, 6.45) is 4.89. The minimum Gasteiger partial charge on any atom is -0.493 e. The van der Waals surface area contributed by atoms with Gasteiger partial charge in [-0.2, -0.15) is 15.3 Å². The molecule has 1 aromatic carbocycles. The molecule has 0 saturated heterocycles. The molecular weight excluding hydrogens is 344 g/mol. The highest BCUT2D eigenvalue weighted by Gasteiger charge is 2.12. The number of rotatable bonds is 10. The molecule has 0 fully saturated rings. The summed E-state index contributed by atoms with van der Waals surface area (Å²) in [4.78, 5) is 4.03. The van der Waals surface area contributed by atoms with Crippen LogP contribution >= 0.6 is 0 Å². The Morgan fingerprint density at radius 2 is 2.22 bits per heavy atom. The van der Waals surface area contributed by atoms with Gasteiger partial charge in [-0.1, -0.05) is 26.3 Å². The van der Waals surface area contributed by atoms with E-state index in [1.165, 1.54) is 0 Å². The molecule has 7 nitrogen and oxygen atoms in total. The van der Waals surface area contributed by atoms with E-state index in [9.17, 15) is 0 Å². The molecular formula is C20H24N4O3. The van der Waals surface area contributed by atoms with Crippen molar-refractivity contribution >= 4 is 17.7 Å². The number of anilines is 1. The number of nitrogens with zero attached hydrogens (tertiary/aromatic N) is 3. The highest BCUT2D eigenvalue weighted by atomic mass is 16.5. The molecule has 0 aliphatic rings. The van der Waals surface area contributed by atoms with Gasteiger partial charge in [-0.25, -0.2) is 5.43 Å². The molecule has 0 bridgehead atoms. The van der Waals surface area contributed by atoms with Crippen molar-refractivity contribution in [2.75, 3.05) is 19.1 Å². The quantitative estimate of drug-likeness (QED) is 0.374. The molecule has 0 amide bonds. The minimum absolute atomic E-state index is 0.124. The lowest BCUT2D eigenvalue weighted by Gasteiger charge is -2.11. The number of unbranched alkanes of at least 4 members (excludes halogenated alkanes) is 2. The van der Waals surface area contributed by atoms with E-state index in [1.54, 1.807) is 20.2 Å². The van der Waals surface area contributed by atoms with E-state index in [2.05, 4.69) is 29.0 Å². The molecule has 142 valence electrons. The van der Waals surface area contributed by atoms with Gasteiger partial charge in [-0.3, -0.25) is 0 Å². The normalized spacial score (nSPS) is 10.6. The van der Waals surface area contributed by atoms with Crippen LogP contribution in [0.2, 0.25) is 0 Å². The second-order valence-corrected chi connectivity index (χ2v) is 5.92. The summed E-state index contributed by atoms with van der Waals surface area (Å²) in [5.74, 6) is 1.81. The van der Waals surface area contributed by atoms with E-state index in [-0.39, 0.29) is 11.6 Å². The lowest BCUT2D eigenvalue weighted by atomic mass is 10.2. The number of oxazole rings is 1. The first-order valence-corrected chi connectivity index (χ1v) is 8.75. The largest absolute Gasteiger partial charge is 0.493 e. The first-order chi connectivity index (χ1) is 13.1. The smallest absolute Gasteiger partial charge is 0.252 e. The van der Waals surface area contributed by atoms with Crippen molar-refractivity contribution in [1.82, 2.24) is 4.98 Å². The first kappa shape index (κ1) is 20.0. The van der Waals surface area contributed by atoms with Crippen LogP contribution in [0.25, 0.3) is 5.57 Å². The summed E-state index contributed by atoms with van der Waals surface area (Å²) in [5, 5.41) is 13.2.